The van der Waals surface area contributed by atoms with E-state index in [0.717, 1.165) is 11.8 Å². The Bertz CT molecular complexity index is 1160. The first-order valence-corrected chi connectivity index (χ1v) is 8.29. The number of hydrogen-bond acceptors (Lipinski definition) is 6. The van der Waals surface area contributed by atoms with Crippen LogP contribution in [-0.2, 0) is 6.54 Å². The van der Waals surface area contributed by atoms with E-state index in [-0.39, 0.29) is 24.2 Å². The second-order valence-electron chi connectivity index (χ2n) is 5.78. The molecule has 3 aromatic rings. The molecule has 1 aromatic carbocycles. The number of nitrogens with one attached hydrogen (secondary N) is 3. The van der Waals surface area contributed by atoms with Crippen LogP contribution in [0, 0.1) is 0 Å². The molecule has 0 aliphatic carbocycles. The number of hydrogen-bond donors (Lipinski definition) is 3. The largest absolute Gasteiger partial charge is 0.497 e. The molecule has 144 valence electrons. The predicted octanol–water partition coefficient (Wildman–Crippen LogP) is -0.274. The van der Waals surface area contributed by atoms with E-state index in [0.29, 0.717) is 11.4 Å². The third kappa shape index (κ3) is 4.23. The van der Waals surface area contributed by atoms with Crippen LogP contribution >= 0.6 is 0 Å². The van der Waals surface area contributed by atoms with Gasteiger partial charge < -0.3 is 15.0 Å². The maximum Gasteiger partial charge on any atom is 0.325 e. The molecule has 28 heavy (non-hydrogen) atoms. The number of carbonyl (C=O) groups is 1. The molecule has 3 N–H and O–H groups in total. The molecular formula is C18H17N5O5. The van der Waals surface area contributed by atoms with E-state index in [4.69, 9.17) is 4.74 Å². The Morgan fingerprint density at radius 2 is 1.96 bits per heavy atom. The fourth-order valence-corrected chi connectivity index (χ4v) is 2.48. The first-order chi connectivity index (χ1) is 13.5. The Labute approximate surface area is 157 Å². The second kappa shape index (κ2) is 8.16. The van der Waals surface area contributed by atoms with E-state index in [2.05, 4.69) is 15.3 Å². The molecule has 10 nitrogen and oxygen atoms in total. The fourth-order valence-electron chi connectivity index (χ4n) is 2.48. The van der Waals surface area contributed by atoms with E-state index in [9.17, 15) is 19.2 Å². The first kappa shape index (κ1) is 18.8. The Balaban J connectivity index is 1.64. The van der Waals surface area contributed by atoms with Gasteiger partial charge in [-0.15, -0.1) is 0 Å². The third-order valence-corrected chi connectivity index (χ3v) is 3.97. The van der Waals surface area contributed by atoms with Gasteiger partial charge in [0, 0.05) is 30.9 Å². The normalized spacial score (nSPS) is 10.5. The lowest BCUT2D eigenvalue weighted by molar-refractivity contribution is 0.0950. The maximum atomic E-state index is 12.3. The maximum absolute atomic E-state index is 12.3. The van der Waals surface area contributed by atoms with Gasteiger partial charge in [0.25, 0.3) is 17.0 Å². The molecule has 0 saturated heterocycles. The number of H-pyrrole nitrogens is 2. The highest BCUT2D eigenvalue weighted by Gasteiger charge is 2.10. The van der Waals surface area contributed by atoms with Crippen LogP contribution in [-0.4, -0.2) is 39.1 Å². The molecule has 3 rings (SSSR count). The smallest absolute Gasteiger partial charge is 0.325 e. The highest BCUT2D eigenvalue weighted by Crippen LogP contribution is 2.19. The van der Waals surface area contributed by atoms with E-state index in [1.54, 1.807) is 31.4 Å². The van der Waals surface area contributed by atoms with Crippen LogP contribution in [0.5, 0.6) is 5.75 Å². The molecular weight excluding hydrogens is 366 g/mol. The van der Waals surface area contributed by atoms with Crippen molar-refractivity contribution in [3.05, 3.63) is 79.6 Å². The fraction of sp³-hybridized carbons (Fsp3) is 0.167. The SMILES string of the molecule is COc1ccc(-c2cc(=O)n(CCNC(=O)c3c[nH]c(=O)[nH]c3=O)cn2)cc1. The van der Waals surface area contributed by atoms with Gasteiger partial charge in [-0.1, -0.05) is 0 Å². The highest BCUT2D eigenvalue weighted by atomic mass is 16.5. The van der Waals surface area contributed by atoms with Crippen molar-refractivity contribution in [1.82, 2.24) is 24.8 Å². The van der Waals surface area contributed by atoms with Crippen molar-refractivity contribution in [2.45, 2.75) is 6.54 Å². The van der Waals surface area contributed by atoms with Crippen LogP contribution in [0.25, 0.3) is 11.3 Å². The summed E-state index contributed by atoms with van der Waals surface area (Å²) in [5.41, 5.74) is -0.694. The van der Waals surface area contributed by atoms with Gasteiger partial charge in [0.2, 0.25) is 0 Å². The predicted molar refractivity (Wildman–Crippen MR) is 101 cm³/mol. The zero-order chi connectivity index (χ0) is 20.1. The molecule has 10 heteroatoms. The van der Waals surface area contributed by atoms with Crippen molar-refractivity contribution < 1.29 is 9.53 Å². The number of benzene rings is 1. The minimum absolute atomic E-state index is 0.0981. The summed E-state index contributed by atoms with van der Waals surface area (Å²) in [5.74, 6) is 0.0440. The van der Waals surface area contributed by atoms with Gasteiger partial charge in [-0.05, 0) is 24.3 Å². The Morgan fingerprint density at radius 3 is 2.61 bits per heavy atom. The molecule has 0 unspecified atom stereocenters. The zero-order valence-corrected chi connectivity index (χ0v) is 14.9. The summed E-state index contributed by atoms with van der Waals surface area (Å²) in [7, 11) is 1.57. The van der Waals surface area contributed by atoms with Crippen LogP contribution in [0.1, 0.15) is 10.4 Å². The van der Waals surface area contributed by atoms with Crippen LogP contribution in [0.2, 0.25) is 0 Å². The summed E-state index contributed by atoms with van der Waals surface area (Å²) in [5, 5.41) is 2.51. The van der Waals surface area contributed by atoms with Crippen LogP contribution in [0.3, 0.4) is 0 Å². The highest BCUT2D eigenvalue weighted by molar-refractivity contribution is 5.93. The molecule has 0 spiro atoms. The van der Waals surface area contributed by atoms with Crippen LogP contribution in [0.15, 0.2) is 57.2 Å². The van der Waals surface area contributed by atoms with Crippen molar-refractivity contribution in [2.75, 3.05) is 13.7 Å². The molecule has 0 radical (unpaired) electrons. The lowest BCUT2D eigenvalue weighted by Crippen LogP contribution is -2.35. The summed E-state index contributed by atoms with van der Waals surface area (Å²) in [4.78, 5) is 55.2. The molecule has 2 heterocycles. The average molecular weight is 383 g/mol. The van der Waals surface area contributed by atoms with Gasteiger partial charge in [-0.2, -0.15) is 0 Å². The van der Waals surface area contributed by atoms with Crippen molar-refractivity contribution >= 4 is 5.91 Å². The Kier molecular flexibility index (Phi) is 5.49. The molecule has 0 saturated carbocycles. The van der Waals surface area contributed by atoms with Gasteiger partial charge in [0.1, 0.15) is 11.3 Å². The zero-order valence-electron chi connectivity index (χ0n) is 14.9. The Hall–Kier alpha value is -3.95. The first-order valence-electron chi connectivity index (χ1n) is 8.29. The van der Waals surface area contributed by atoms with Gasteiger partial charge in [-0.3, -0.25) is 23.9 Å². The van der Waals surface area contributed by atoms with Crippen molar-refractivity contribution in [3.8, 4) is 17.0 Å². The van der Waals surface area contributed by atoms with E-state index < -0.39 is 17.2 Å². The minimum Gasteiger partial charge on any atom is -0.497 e. The van der Waals surface area contributed by atoms with E-state index >= 15 is 0 Å². The van der Waals surface area contributed by atoms with Crippen molar-refractivity contribution in [3.63, 3.8) is 0 Å². The summed E-state index contributed by atoms with van der Waals surface area (Å²) in [6.07, 6.45) is 2.43. The number of aromatic amines is 2. The van der Waals surface area contributed by atoms with E-state index in [1.807, 2.05) is 4.98 Å². The molecule has 1 amide bonds. The summed E-state index contributed by atoms with van der Waals surface area (Å²) in [6, 6.07) is 8.54. The third-order valence-electron chi connectivity index (χ3n) is 3.97. The summed E-state index contributed by atoms with van der Waals surface area (Å²) < 4.78 is 6.43. The number of aromatic nitrogens is 4. The van der Waals surface area contributed by atoms with Gasteiger partial charge in [-0.25, -0.2) is 9.78 Å². The molecule has 2 aromatic heterocycles. The molecule has 0 fully saturated rings. The van der Waals surface area contributed by atoms with Crippen molar-refractivity contribution in [1.29, 1.82) is 0 Å². The molecule has 0 aliphatic heterocycles. The second-order valence-corrected chi connectivity index (χ2v) is 5.78. The Morgan fingerprint density at radius 1 is 1.21 bits per heavy atom. The molecule has 0 atom stereocenters. The molecule has 0 aliphatic rings. The number of methoxy groups -OCH3 is 1. The van der Waals surface area contributed by atoms with Gasteiger partial charge in [0.05, 0.1) is 19.1 Å². The van der Waals surface area contributed by atoms with Gasteiger partial charge >= 0.3 is 5.69 Å². The van der Waals surface area contributed by atoms with Crippen LogP contribution in [0.4, 0.5) is 0 Å². The van der Waals surface area contributed by atoms with Crippen LogP contribution < -0.4 is 26.9 Å². The number of rotatable bonds is 6. The van der Waals surface area contributed by atoms with Gasteiger partial charge in [0.15, 0.2) is 0 Å². The minimum atomic E-state index is -0.788. The number of carbonyl (C=O) groups excluding carboxylic acids is 1. The lowest BCUT2D eigenvalue weighted by Gasteiger charge is -2.08. The average Bonchev–Trinajstić information content (AvgIpc) is 2.69. The monoisotopic (exact) mass is 383 g/mol. The summed E-state index contributed by atoms with van der Waals surface area (Å²) >= 11 is 0. The quantitative estimate of drug-likeness (QED) is 0.535. The standard InChI is InChI=1S/C18H17N5O5/c1-28-12-4-2-11(3-5-12)14-8-15(24)23(10-21-14)7-6-19-16(25)13-9-20-18(27)22-17(13)26/h2-5,8-10H,6-7H2,1H3,(H,19,25)(H2,20,22,26,27). The summed E-state index contributed by atoms with van der Waals surface area (Å²) in [6.45, 7) is 0.266. The van der Waals surface area contributed by atoms with E-state index in [1.165, 1.54) is 17.0 Å². The number of nitrogens with zero attached hydrogens (tertiary/aromatic N) is 2. The number of ether oxygens (including phenoxy) is 1. The topological polar surface area (TPSA) is 139 Å². The lowest BCUT2D eigenvalue weighted by atomic mass is 10.1. The molecule has 0 bridgehead atoms. The van der Waals surface area contributed by atoms with Crippen molar-refractivity contribution in [2.24, 2.45) is 0 Å². The number of amides is 1.